The smallest absolute Gasteiger partial charge is 0.226 e. The van der Waals surface area contributed by atoms with E-state index in [0.717, 1.165) is 19.3 Å². The molecule has 0 saturated heterocycles. The molecule has 3 N–H and O–H groups in total. The normalized spacial score (nSPS) is 16.5. The molecule has 0 radical (unpaired) electrons. The summed E-state index contributed by atoms with van der Waals surface area (Å²) >= 11 is 0. The summed E-state index contributed by atoms with van der Waals surface area (Å²) in [6.45, 7) is 14.2. The first-order valence-corrected chi connectivity index (χ1v) is 6.57. The van der Waals surface area contributed by atoms with Crippen molar-refractivity contribution in [3.8, 4) is 0 Å². The number of carbonyl (C=O) groups is 1. The number of hydrogen-bond donors (Lipinski definition) is 2. The van der Waals surface area contributed by atoms with E-state index in [4.69, 9.17) is 5.73 Å². The largest absolute Gasteiger partial charge is 0.351 e. The Bertz CT molecular complexity index is 267. The molecule has 0 rings (SSSR count). The van der Waals surface area contributed by atoms with Crippen LogP contribution in [-0.2, 0) is 4.79 Å². The summed E-state index contributed by atoms with van der Waals surface area (Å²) in [6, 6.07) is 0. The molecule has 0 aromatic rings. The summed E-state index contributed by atoms with van der Waals surface area (Å²) in [5.41, 5.74) is 5.37. The maximum atomic E-state index is 12.1. The highest BCUT2D eigenvalue weighted by Crippen LogP contribution is 2.25. The highest BCUT2D eigenvalue weighted by Gasteiger charge is 2.33. The minimum absolute atomic E-state index is 0.108. The molecule has 0 saturated carbocycles. The van der Waals surface area contributed by atoms with Crippen molar-refractivity contribution in [2.45, 2.75) is 78.8 Å². The van der Waals surface area contributed by atoms with Crippen molar-refractivity contribution in [3.63, 3.8) is 0 Å². The molecule has 0 aliphatic heterocycles. The quantitative estimate of drug-likeness (QED) is 0.752. The van der Waals surface area contributed by atoms with Crippen molar-refractivity contribution in [2.24, 2.45) is 11.1 Å². The van der Waals surface area contributed by atoms with Crippen LogP contribution in [0.25, 0.3) is 0 Å². The zero-order chi connectivity index (χ0) is 13.9. The molecular formula is C14H30N2O. The second-order valence-corrected chi connectivity index (χ2v) is 6.76. The van der Waals surface area contributed by atoms with E-state index in [2.05, 4.69) is 12.2 Å². The average Bonchev–Trinajstić information content (AvgIpc) is 2.15. The number of amides is 1. The minimum atomic E-state index is -0.311. The second-order valence-electron chi connectivity index (χ2n) is 6.76. The predicted molar refractivity (Wildman–Crippen MR) is 73.8 cm³/mol. The van der Waals surface area contributed by atoms with Crippen molar-refractivity contribution in [1.29, 1.82) is 0 Å². The monoisotopic (exact) mass is 242 g/mol. The SMILES string of the molecule is CCC(C)(N)CC(C)(C)NC(=O)C(C)(C)CC. The molecule has 0 heterocycles. The minimum Gasteiger partial charge on any atom is -0.351 e. The third-order valence-electron chi connectivity index (χ3n) is 3.60. The lowest BCUT2D eigenvalue weighted by Crippen LogP contribution is -2.54. The number of hydrogen-bond acceptors (Lipinski definition) is 2. The first-order valence-electron chi connectivity index (χ1n) is 6.57. The molecule has 0 aromatic heterocycles. The van der Waals surface area contributed by atoms with Gasteiger partial charge in [0.25, 0.3) is 0 Å². The van der Waals surface area contributed by atoms with Gasteiger partial charge in [-0.2, -0.15) is 0 Å². The highest BCUT2D eigenvalue weighted by atomic mass is 16.2. The van der Waals surface area contributed by atoms with Crippen molar-refractivity contribution in [2.75, 3.05) is 0 Å². The van der Waals surface area contributed by atoms with Gasteiger partial charge in [-0.15, -0.1) is 0 Å². The molecule has 0 aliphatic carbocycles. The molecule has 1 amide bonds. The van der Waals surface area contributed by atoms with Crippen LogP contribution in [-0.4, -0.2) is 17.0 Å². The first-order chi connectivity index (χ1) is 7.46. The standard InChI is InChI=1S/C14H30N2O/c1-8-12(3,4)11(17)16-13(5,6)10-14(7,15)9-2/h8-10,15H2,1-7H3,(H,16,17). The molecule has 0 fully saturated rings. The number of carbonyl (C=O) groups excluding carboxylic acids is 1. The molecule has 0 aliphatic rings. The van der Waals surface area contributed by atoms with Gasteiger partial charge in [-0.05, 0) is 40.0 Å². The van der Waals surface area contributed by atoms with E-state index in [-0.39, 0.29) is 22.4 Å². The molecule has 1 unspecified atom stereocenters. The average molecular weight is 242 g/mol. The molecule has 102 valence electrons. The summed E-state index contributed by atoms with van der Waals surface area (Å²) in [7, 11) is 0. The third kappa shape index (κ3) is 5.53. The Kier molecular flexibility index (Phi) is 5.20. The van der Waals surface area contributed by atoms with Gasteiger partial charge in [0, 0.05) is 16.5 Å². The predicted octanol–water partition coefficient (Wildman–Crippen LogP) is 2.83. The van der Waals surface area contributed by atoms with Crippen LogP contribution in [0.1, 0.15) is 67.7 Å². The van der Waals surface area contributed by atoms with Crippen LogP contribution in [0.4, 0.5) is 0 Å². The summed E-state index contributed by atoms with van der Waals surface area (Å²) in [4.78, 5) is 12.1. The van der Waals surface area contributed by atoms with Gasteiger partial charge in [0.05, 0.1) is 0 Å². The maximum absolute atomic E-state index is 12.1. The number of rotatable bonds is 6. The van der Waals surface area contributed by atoms with Gasteiger partial charge < -0.3 is 11.1 Å². The van der Waals surface area contributed by atoms with Gasteiger partial charge in [-0.25, -0.2) is 0 Å². The zero-order valence-corrected chi connectivity index (χ0v) is 12.6. The molecule has 17 heavy (non-hydrogen) atoms. The van der Waals surface area contributed by atoms with E-state index in [1.54, 1.807) is 0 Å². The van der Waals surface area contributed by atoms with E-state index in [1.807, 2.05) is 41.5 Å². The van der Waals surface area contributed by atoms with Crippen LogP contribution < -0.4 is 11.1 Å². The molecule has 0 spiro atoms. The van der Waals surface area contributed by atoms with E-state index in [1.165, 1.54) is 0 Å². The lowest BCUT2D eigenvalue weighted by atomic mass is 9.82. The Labute approximate surface area is 107 Å². The topological polar surface area (TPSA) is 55.1 Å². The van der Waals surface area contributed by atoms with Crippen LogP contribution in [0, 0.1) is 5.41 Å². The Morgan fingerprint density at radius 2 is 1.53 bits per heavy atom. The van der Waals surface area contributed by atoms with E-state index < -0.39 is 0 Å². The molecule has 3 heteroatoms. The Morgan fingerprint density at radius 3 is 1.88 bits per heavy atom. The fourth-order valence-electron chi connectivity index (χ4n) is 1.82. The van der Waals surface area contributed by atoms with Crippen molar-refractivity contribution >= 4 is 5.91 Å². The van der Waals surface area contributed by atoms with E-state index in [0.29, 0.717) is 0 Å². The molecule has 3 nitrogen and oxygen atoms in total. The van der Waals surface area contributed by atoms with Crippen molar-refractivity contribution in [3.05, 3.63) is 0 Å². The summed E-state index contributed by atoms with van der Waals surface area (Å²) in [5, 5.41) is 3.12. The lowest BCUT2D eigenvalue weighted by molar-refractivity contribution is -0.131. The maximum Gasteiger partial charge on any atom is 0.226 e. The highest BCUT2D eigenvalue weighted by molar-refractivity contribution is 5.82. The molecule has 0 bridgehead atoms. The number of nitrogens with two attached hydrogens (primary N) is 1. The number of nitrogens with one attached hydrogen (secondary N) is 1. The second kappa shape index (κ2) is 5.38. The van der Waals surface area contributed by atoms with Gasteiger partial charge in [-0.3, -0.25) is 4.79 Å². The van der Waals surface area contributed by atoms with Gasteiger partial charge in [0.15, 0.2) is 0 Å². The van der Waals surface area contributed by atoms with Gasteiger partial charge in [-0.1, -0.05) is 27.7 Å². The summed E-state index contributed by atoms with van der Waals surface area (Å²) in [5.74, 6) is 0.108. The van der Waals surface area contributed by atoms with Crippen molar-refractivity contribution in [1.82, 2.24) is 5.32 Å². The molecule has 0 aromatic carbocycles. The Hall–Kier alpha value is -0.570. The summed E-state index contributed by atoms with van der Waals surface area (Å²) in [6.07, 6.45) is 2.52. The fourth-order valence-corrected chi connectivity index (χ4v) is 1.82. The zero-order valence-electron chi connectivity index (χ0n) is 12.6. The van der Waals surface area contributed by atoms with Gasteiger partial charge >= 0.3 is 0 Å². The van der Waals surface area contributed by atoms with Gasteiger partial charge in [0.2, 0.25) is 5.91 Å². The third-order valence-corrected chi connectivity index (χ3v) is 3.60. The Balaban J connectivity index is 4.61. The van der Waals surface area contributed by atoms with Gasteiger partial charge in [0.1, 0.15) is 0 Å². The van der Waals surface area contributed by atoms with Crippen LogP contribution in [0.3, 0.4) is 0 Å². The van der Waals surface area contributed by atoms with Crippen LogP contribution in [0.5, 0.6) is 0 Å². The molecule has 1 atom stereocenters. The molecular weight excluding hydrogens is 212 g/mol. The summed E-state index contributed by atoms with van der Waals surface area (Å²) < 4.78 is 0. The van der Waals surface area contributed by atoms with E-state index in [9.17, 15) is 4.79 Å². The Morgan fingerprint density at radius 1 is 1.06 bits per heavy atom. The first kappa shape index (κ1) is 16.4. The fraction of sp³-hybridized carbons (Fsp3) is 0.929. The van der Waals surface area contributed by atoms with E-state index >= 15 is 0 Å². The lowest BCUT2D eigenvalue weighted by Gasteiger charge is -2.37. The van der Waals surface area contributed by atoms with Crippen LogP contribution >= 0.6 is 0 Å². The van der Waals surface area contributed by atoms with Crippen LogP contribution in [0.2, 0.25) is 0 Å². The van der Waals surface area contributed by atoms with Crippen molar-refractivity contribution < 1.29 is 4.79 Å². The van der Waals surface area contributed by atoms with Crippen LogP contribution in [0.15, 0.2) is 0 Å².